The molecule has 0 spiro atoms. The Balaban J connectivity index is 1.79. The maximum atomic E-state index is 12.8. The third-order valence-corrected chi connectivity index (χ3v) is 3.90. The van der Waals surface area contributed by atoms with Crippen LogP contribution in [0.1, 0.15) is 24.5 Å². The molecule has 5 heteroatoms. The fourth-order valence-corrected chi connectivity index (χ4v) is 2.26. The van der Waals surface area contributed by atoms with Crippen LogP contribution in [-0.2, 0) is 4.79 Å². The minimum absolute atomic E-state index is 0.177. The zero-order chi connectivity index (χ0) is 18.2. The molecule has 1 atom stereocenters. The molecule has 0 fully saturated rings. The lowest BCUT2D eigenvalue weighted by atomic mass is 10.1. The van der Waals surface area contributed by atoms with E-state index in [0.717, 1.165) is 5.56 Å². The Bertz CT molecular complexity index is 701. The van der Waals surface area contributed by atoms with Crippen LogP contribution in [0, 0.1) is 19.7 Å². The molecule has 4 nitrogen and oxygen atoms in total. The molecule has 2 aromatic rings. The van der Waals surface area contributed by atoms with Crippen molar-refractivity contribution in [2.45, 2.75) is 33.3 Å². The lowest BCUT2D eigenvalue weighted by Gasteiger charge is -2.18. The Kier molecular flexibility index (Phi) is 6.81. The molecule has 0 unspecified atom stereocenters. The van der Waals surface area contributed by atoms with Crippen molar-refractivity contribution in [3.05, 3.63) is 59.4 Å². The van der Waals surface area contributed by atoms with Gasteiger partial charge in [0.25, 0.3) is 5.91 Å². The highest BCUT2D eigenvalue weighted by molar-refractivity contribution is 5.81. The summed E-state index contributed by atoms with van der Waals surface area (Å²) >= 11 is 0. The molecule has 0 aromatic heterocycles. The van der Waals surface area contributed by atoms with Crippen molar-refractivity contribution in [1.29, 1.82) is 0 Å². The lowest BCUT2D eigenvalue weighted by Crippen LogP contribution is -2.39. The Hall–Kier alpha value is -2.56. The van der Waals surface area contributed by atoms with E-state index < -0.39 is 6.10 Å². The van der Waals surface area contributed by atoms with Crippen molar-refractivity contribution in [3.8, 4) is 11.5 Å². The SMILES string of the molecule is CC[C@@H](Oc1ccc(C)c(C)c1)C(=O)NCCOc1ccc(F)cc1. The zero-order valence-corrected chi connectivity index (χ0v) is 14.8. The number of hydrogen-bond acceptors (Lipinski definition) is 3. The summed E-state index contributed by atoms with van der Waals surface area (Å²) in [6, 6.07) is 11.5. The Morgan fingerprint density at radius 1 is 1.08 bits per heavy atom. The molecule has 2 rings (SSSR count). The molecule has 0 saturated carbocycles. The highest BCUT2D eigenvalue weighted by atomic mass is 19.1. The molecule has 0 aliphatic rings. The van der Waals surface area contributed by atoms with Gasteiger partial charge < -0.3 is 14.8 Å². The van der Waals surface area contributed by atoms with E-state index >= 15 is 0 Å². The van der Waals surface area contributed by atoms with Gasteiger partial charge in [0.1, 0.15) is 23.9 Å². The number of rotatable bonds is 8. The molecule has 1 N–H and O–H groups in total. The second-order valence-corrected chi connectivity index (χ2v) is 5.85. The first kappa shape index (κ1) is 18.8. The van der Waals surface area contributed by atoms with Crippen molar-refractivity contribution in [2.75, 3.05) is 13.2 Å². The fourth-order valence-electron chi connectivity index (χ4n) is 2.26. The molecule has 0 radical (unpaired) electrons. The number of carbonyl (C=O) groups excluding carboxylic acids is 1. The summed E-state index contributed by atoms with van der Waals surface area (Å²) in [4.78, 5) is 12.2. The number of hydrogen-bond donors (Lipinski definition) is 1. The topological polar surface area (TPSA) is 47.6 Å². The van der Waals surface area contributed by atoms with Crippen LogP contribution in [0.2, 0.25) is 0 Å². The van der Waals surface area contributed by atoms with Gasteiger partial charge in [-0.05, 0) is 67.8 Å². The predicted octanol–water partition coefficient (Wildman–Crippen LogP) is 3.80. The van der Waals surface area contributed by atoms with Crippen LogP contribution in [0.5, 0.6) is 11.5 Å². The highest BCUT2D eigenvalue weighted by Gasteiger charge is 2.18. The van der Waals surface area contributed by atoms with E-state index in [-0.39, 0.29) is 11.7 Å². The maximum Gasteiger partial charge on any atom is 0.261 e. The van der Waals surface area contributed by atoms with Crippen LogP contribution in [0.15, 0.2) is 42.5 Å². The van der Waals surface area contributed by atoms with Crippen LogP contribution in [-0.4, -0.2) is 25.2 Å². The second-order valence-electron chi connectivity index (χ2n) is 5.85. The monoisotopic (exact) mass is 345 g/mol. The number of amides is 1. The van der Waals surface area contributed by atoms with E-state index in [4.69, 9.17) is 9.47 Å². The van der Waals surface area contributed by atoms with E-state index in [9.17, 15) is 9.18 Å². The summed E-state index contributed by atoms with van der Waals surface area (Å²) in [5, 5.41) is 2.80. The second kappa shape index (κ2) is 9.06. The first-order valence-electron chi connectivity index (χ1n) is 8.39. The molecular formula is C20H24FNO3. The van der Waals surface area contributed by atoms with E-state index in [1.54, 1.807) is 12.1 Å². The summed E-state index contributed by atoms with van der Waals surface area (Å²) in [6.45, 7) is 6.60. The standard InChI is InChI=1S/C20H24FNO3/c1-4-19(25-18-8-5-14(2)15(3)13-18)20(23)22-11-12-24-17-9-6-16(21)7-10-17/h5-10,13,19H,4,11-12H2,1-3H3,(H,22,23)/t19-/m1/s1. The smallest absolute Gasteiger partial charge is 0.261 e. The van der Waals surface area contributed by atoms with Crippen LogP contribution < -0.4 is 14.8 Å². The molecule has 0 aliphatic heterocycles. The van der Waals surface area contributed by atoms with E-state index in [2.05, 4.69) is 5.32 Å². The first-order chi connectivity index (χ1) is 12.0. The van der Waals surface area contributed by atoms with Gasteiger partial charge in [0.2, 0.25) is 0 Å². The number of ether oxygens (including phenoxy) is 2. The number of halogens is 1. The van der Waals surface area contributed by atoms with Gasteiger partial charge in [-0.3, -0.25) is 4.79 Å². The maximum absolute atomic E-state index is 12.8. The molecule has 0 saturated heterocycles. The van der Waals surface area contributed by atoms with E-state index in [1.807, 2.05) is 39.0 Å². The molecule has 134 valence electrons. The van der Waals surface area contributed by atoms with Crippen molar-refractivity contribution in [1.82, 2.24) is 5.32 Å². The third kappa shape index (κ3) is 5.78. The average molecular weight is 345 g/mol. The van der Waals surface area contributed by atoms with Crippen molar-refractivity contribution in [3.63, 3.8) is 0 Å². The molecule has 0 aliphatic carbocycles. The number of carbonyl (C=O) groups is 1. The molecule has 0 heterocycles. The van der Waals surface area contributed by atoms with E-state index in [0.29, 0.717) is 31.1 Å². The minimum Gasteiger partial charge on any atom is -0.492 e. The van der Waals surface area contributed by atoms with Crippen molar-refractivity contribution >= 4 is 5.91 Å². The summed E-state index contributed by atoms with van der Waals surface area (Å²) in [5.74, 6) is 0.764. The quantitative estimate of drug-likeness (QED) is 0.741. The summed E-state index contributed by atoms with van der Waals surface area (Å²) < 4.78 is 24.1. The van der Waals surface area contributed by atoms with Gasteiger partial charge in [0.05, 0.1) is 6.54 Å². The largest absolute Gasteiger partial charge is 0.492 e. The number of nitrogens with one attached hydrogen (secondary N) is 1. The average Bonchev–Trinajstić information content (AvgIpc) is 2.61. The number of benzene rings is 2. The van der Waals surface area contributed by atoms with Gasteiger partial charge in [0.15, 0.2) is 6.10 Å². The van der Waals surface area contributed by atoms with Crippen molar-refractivity contribution < 1.29 is 18.7 Å². The molecule has 25 heavy (non-hydrogen) atoms. The fraction of sp³-hybridized carbons (Fsp3) is 0.350. The third-order valence-electron chi connectivity index (χ3n) is 3.90. The van der Waals surface area contributed by atoms with Gasteiger partial charge in [-0.25, -0.2) is 4.39 Å². The van der Waals surface area contributed by atoms with Gasteiger partial charge in [0, 0.05) is 0 Å². The molecule has 2 aromatic carbocycles. The Labute approximate surface area is 148 Å². The Morgan fingerprint density at radius 3 is 2.40 bits per heavy atom. The van der Waals surface area contributed by atoms with Gasteiger partial charge in [-0.15, -0.1) is 0 Å². The number of aryl methyl sites for hydroxylation is 2. The zero-order valence-electron chi connectivity index (χ0n) is 14.8. The first-order valence-corrected chi connectivity index (χ1v) is 8.39. The Morgan fingerprint density at radius 2 is 1.76 bits per heavy atom. The van der Waals surface area contributed by atoms with Gasteiger partial charge >= 0.3 is 0 Å². The van der Waals surface area contributed by atoms with Crippen LogP contribution in [0.4, 0.5) is 4.39 Å². The molecule has 0 bridgehead atoms. The summed E-state index contributed by atoms with van der Waals surface area (Å²) in [7, 11) is 0. The van der Waals surface area contributed by atoms with Crippen LogP contribution in [0.25, 0.3) is 0 Å². The van der Waals surface area contributed by atoms with Gasteiger partial charge in [-0.1, -0.05) is 13.0 Å². The summed E-state index contributed by atoms with van der Waals surface area (Å²) in [5.41, 5.74) is 2.31. The van der Waals surface area contributed by atoms with Gasteiger partial charge in [-0.2, -0.15) is 0 Å². The highest BCUT2D eigenvalue weighted by Crippen LogP contribution is 2.18. The van der Waals surface area contributed by atoms with E-state index in [1.165, 1.54) is 17.7 Å². The summed E-state index contributed by atoms with van der Waals surface area (Å²) in [6.07, 6.45) is 0.0188. The lowest BCUT2D eigenvalue weighted by molar-refractivity contribution is -0.128. The normalized spacial score (nSPS) is 11.7. The van der Waals surface area contributed by atoms with Crippen LogP contribution in [0.3, 0.4) is 0 Å². The predicted molar refractivity (Wildman–Crippen MR) is 95.5 cm³/mol. The van der Waals surface area contributed by atoms with Crippen LogP contribution >= 0.6 is 0 Å². The minimum atomic E-state index is -0.548. The molecule has 1 amide bonds. The van der Waals surface area contributed by atoms with Crippen molar-refractivity contribution in [2.24, 2.45) is 0 Å². The molecular weight excluding hydrogens is 321 g/mol.